The van der Waals surface area contributed by atoms with Gasteiger partial charge in [0, 0.05) is 0 Å². The first kappa shape index (κ1) is 15.3. The lowest BCUT2D eigenvalue weighted by atomic mass is 9.74. The van der Waals surface area contributed by atoms with Gasteiger partial charge in [-0.2, -0.15) is 0 Å². The van der Waals surface area contributed by atoms with Crippen LogP contribution in [0.3, 0.4) is 0 Å². The molecule has 1 atom stereocenters. The number of hydrogen-bond donors (Lipinski definition) is 1. The molecule has 0 radical (unpaired) electrons. The van der Waals surface area contributed by atoms with Crippen LogP contribution in [-0.2, 0) is 14.9 Å². The second-order valence-corrected chi connectivity index (χ2v) is 5.80. The standard InChI is InChI=1S/C16H21NO2.ClH/c1-19-15(18)10-12-11-16(6-8-17-9-7-16)14-5-3-2-4-13(12)14;/h2-5,12,17H,6-11H2,1H3;1H. The monoisotopic (exact) mass is 295 g/mol. The topological polar surface area (TPSA) is 38.3 Å². The summed E-state index contributed by atoms with van der Waals surface area (Å²) in [5.41, 5.74) is 3.14. The first-order valence-corrected chi connectivity index (χ1v) is 7.12. The van der Waals surface area contributed by atoms with E-state index in [0.29, 0.717) is 17.8 Å². The van der Waals surface area contributed by atoms with E-state index in [0.717, 1.165) is 19.5 Å². The Labute approximate surface area is 126 Å². The number of carbonyl (C=O) groups excluding carboxylic acids is 1. The number of ether oxygens (including phenoxy) is 1. The summed E-state index contributed by atoms with van der Waals surface area (Å²) >= 11 is 0. The maximum Gasteiger partial charge on any atom is 0.306 e. The van der Waals surface area contributed by atoms with Gasteiger partial charge in [0.25, 0.3) is 0 Å². The largest absolute Gasteiger partial charge is 0.469 e. The third-order valence-electron chi connectivity index (χ3n) is 4.81. The number of esters is 1. The smallest absolute Gasteiger partial charge is 0.306 e. The van der Waals surface area contributed by atoms with Crippen molar-refractivity contribution in [2.24, 2.45) is 0 Å². The van der Waals surface area contributed by atoms with Crippen LogP contribution in [0.1, 0.15) is 42.7 Å². The summed E-state index contributed by atoms with van der Waals surface area (Å²) in [6.07, 6.45) is 3.98. The fourth-order valence-corrected chi connectivity index (χ4v) is 3.87. The quantitative estimate of drug-likeness (QED) is 0.853. The number of carbonyl (C=O) groups is 1. The van der Waals surface area contributed by atoms with Gasteiger partial charge in [-0.25, -0.2) is 0 Å². The summed E-state index contributed by atoms with van der Waals surface area (Å²) in [5.74, 6) is 0.243. The molecule has 1 unspecified atom stereocenters. The van der Waals surface area contributed by atoms with Gasteiger partial charge in [0.2, 0.25) is 0 Å². The van der Waals surface area contributed by atoms with Gasteiger partial charge >= 0.3 is 5.97 Å². The summed E-state index contributed by atoms with van der Waals surface area (Å²) in [5, 5.41) is 3.44. The Morgan fingerprint density at radius 3 is 2.75 bits per heavy atom. The highest BCUT2D eigenvalue weighted by Gasteiger charge is 2.44. The molecule has 1 aliphatic carbocycles. The Hall–Kier alpha value is -1.06. The van der Waals surface area contributed by atoms with E-state index < -0.39 is 0 Å². The van der Waals surface area contributed by atoms with Gasteiger partial charge in [-0.3, -0.25) is 4.79 Å². The van der Waals surface area contributed by atoms with Gasteiger partial charge in [0.15, 0.2) is 0 Å². The zero-order chi connectivity index (χ0) is 13.3. The predicted molar refractivity (Wildman–Crippen MR) is 81.5 cm³/mol. The number of hydrogen-bond acceptors (Lipinski definition) is 3. The molecular formula is C16H22ClNO2. The average Bonchev–Trinajstić information content (AvgIpc) is 2.74. The van der Waals surface area contributed by atoms with Crippen LogP contribution in [0.4, 0.5) is 0 Å². The number of benzene rings is 1. The van der Waals surface area contributed by atoms with Crippen molar-refractivity contribution in [2.75, 3.05) is 20.2 Å². The Morgan fingerprint density at radius 1 is 1.35 bits per heavy atom. The van der Waals surface area contributed by atoms with Crippen LogP contribution in [0.15, 0.2) is 24.3 Å². The fourth-order valence-electron chi connectivity index (χ4n) is 3.87. The Bertz CT molecular complexity index is 483. The minimum atomic E-state index is -0.0919. The van der Waals surface area contributed by atoms with Crippen molar-refractivity contribution >= 4 is 18.4 Å². The highest BCUT2D eigenvalue weighted by Crippen LogP contribution is 2.51. The summed E-state index contributed by atoms with van der Waals surface area (Å²) < 4.78 is 4.85. The van der Waals surface area contributed by atoms with Gasteiger partial charge in [0.1, 0.15) is 0 Å². The molecule has 1 saturated heterocycles. The number of piperidine rings is 1. The second-order valence-electron chi connectivity index (χ2n) is 5.80. The lowest BCUT2D eigenvalue weighted by Crippen LogP contribution is -2.38. The van der Waals surface area contributed by atoms with Gasteiger partial charge in [-0.1, -0.05) is 24.3 Å². The molecule has 4 heteroatoms. The Balaban J connectivity index is 0.00000147. The molecule has 1 N–H and O–H groups in total. The summed E-state index contributed by atoms with van der Waals surface area (Å²) in [6, 6.07) is 8.67. The molecule has 2 aliphatic rings. The van der Waals surface area contributed by atoms with Gasteiger partial charge in [0.05, 0.1) is 13.5 Å². The van der Waals surface area contributed by atoms with E-state index in [1.165, 1.54) is 31.1 Å². The number of nitrogens with one attached hydrogen (secondary N) is 1. The molecule has 1 aliphatic heterocycles. The third kappa shape index (κ3) is 2.57. The molecule has 0 aromatic heterocycles. The molecule has 20 heavy (non-hydrogen) atoms. The molecule has 1 spiro atoms. The molecule has 0 saturated carbocycles. The second kappa shape index (κ2) is 6.15. The van der Waals surface area contributed by atoms with Crippen molar-refractivity contribution in [3.05, 3.63) is 35.4 Å². The van der Waals surface area contributed by atoms with Crippen molar-refractivity contribution in [3.8, 4) is 0 Å². The zero-order valence-corrected chi connectivity index (χ0v) is 12.7. The molecule has 1 aromatic carbocycles. The maximum atomic E-state index is 11.6. The van der Waals surface area contributed by atoms with Crippen molar-refractivity contribution in [3.63, 3.8) is 0 Å². The molecule has 110 valence electrons. The molecule has 1 fully saturated rings. The van der Waals surface area contributed by atoms with Gasteiger partial charge < -0.3 is 10.1 Å². The number of halogens is 1. The van der Waals surface area contributed by atoms with Crippen LogP contribution >= 0.6 is 12.4 Å². The average molecular weight is 296 g/mol. The fraction of sp³-hybridized carbons (Fsp3) is 0.562. The molecule has 0 amide bonds. The zero-order valence-electron chi connectivity index (χ0n) is 11.9. The lowest BCUT2D eigenvalue weighted by molar-refractivity contribution is -0.141. The van der Waals surface area contributed by atoms with Crippen LogP contribution < -0.4 is 5.32 Å². The minimum Gasteiger partial charge on any atom is -0.469 e. The molecule has 1 aromatic rings. The summed E-state index contributed by atoms with van der Waals surface area (Å²) in [4.78, 5) is 11.6. The van der Waals surface area contributed by atoms with Crippen LogP contribution in [-0.4, -0.2) is 26.2 Å². The highest BCUT2D eigenvalue weighted by atomic mass is 35.5. The van der Waals surface area contributed by atoms with E-state index in [1.54, 1.807) is 0 Å². The highest BCUT2D eigenvalue weighted by molar-refractivity contribution is 5.85. The number of rotatable bonds is 2. The van der Waals surface area contributed by atoms with E-state index in [-0.39, 0.29) is 18.4 Å². The van der Waals surface area contributed by atoms with Crippen LogP contribution in [0.2, 0.25) is 0 Å². The van der Waals surface area contributed by atoms with Crippen LogP contribution in [0.5, 0.6) is 0 Å². The normalized spacial score (nSPS) is 22.9. The maximum absolute atomic E-state index is 11.6. The summed E-state index contributed by atoms with van der Waals surface area (Å²) in [6.45, 7) is 2.17. The van der Waals surface area contributed by atoms with E-state index >= 15 is 0 Å². The van der Waals surface area contributed by atoms with E-state index in [2.05, 4.69) is 29.6 Å². The minimum absolute atomic E-state index is 0. The van der Waals surface area contributed by atoms with Crippen LogP contribution in [0.25, 0.3) is 0 Å². The molecule has 3 rings (SSSR count). The van der Waals surface area contributed by atoms with Crippen molar-refractivity contribution in [2.45, 2.75) is 37.0 Å². The number of fused-ring (bicyclic) bond motifs is 2. The SMILES string of the molecule is COC(=O)CC1CC2(CCNCC2)c2ccccc21.Cl. The van der Waals surface area contributed by atoms with Crippen molar-refractivity contribution in [1.82, 2.24) is 5.32 Å². The molecular weight excluding hydrogens is 274 g/mol. The van der Waals surface area contributed by atoms with E-state index in [4.69, 9.17) is 4.74 Å². The molecule has 1 heterocycles. The van der Waals surface area contributed by atoms with E-state index in [1.807, 2.05) is 0 Å². The van der Waals surface area contributed by atoms with Crippen LogP contribution in [0, 0.1) is 0 Å². The third-order valence-corrected chi connectivity index (χ3v) is 4.81. The lowest BCUT2D eigenvalue weighted by Gasteiger charge is -2.35. The van der Waals surface area contributed by atoms with Gasteiger partial charge in [-0.05, 0) is 54.8 Å². The Morgan fingerprint density at radius 2 is 2.05 bits per heavy atom. The summed E-state index contributed by atoms with van der Waals surface area (Å²) in [7, 11) is 1.48. The predicted octanol–water partition coefficient (Wildman–Crippen LogP) is 2.78. The molecule has 3 nitrogen and oxygen atoms in total. The first-order chi connectivity index (χ1) is 9.25. The number of methoxy groups -OCH3 is 1. The van der Waals surface area contributed by atoms with E-state index in [9.17, 15) is 4.79 Å². The first-order valence-electron chi connectivity index (χ1n) is 7.12. The molecule has 0 bridgehead atoms. The van der Waals surface area contributed by atoms with Crippen molar-refractivity contribution in [1.29, 1.82) is 0 Å². The van der Waals surface area contributed by atoms with Crippen molar-refractivity contribution < 1.29 is 9.53 Å². The Kier molecular flexibility index (Phi) is 4.71. The van der Waals surface area contributed by atoms with Gasteiger partial charge in [-0.15, -0.1) is 12.4 Å².